The van der Waals surface area contributed by atoms with Gasteiger partial charge in [0.15, 0.2) is 0 Å². The number of carbonyl (C=O) groups is 6. The second-order valence-electron chi connectivity index (χ2n) is 13.4. The zero-order valence-electron chi connectivity index (χ0n) is 29.8. The number of rotatable bonds is 20. The number of unbranched alkanes of at least 4 members (excludes halogenated alkanes) is 1. The van der Waals surface area contributed by atoms with Gasteiger partial charge >= 0.3 is 13.8 Å². The van der Waals surface area contributed by atoms with Gasteiger partial charge in [0.1, 0.15) is 36.0 Å². The van der Waals surface area contributed by atoms with E-state index in [1.807, 2.05) is 20.8 Å². The van der Waals surface area contributed by atoms with E-state index >= 15 is 0 Å². The molecule has 5 atom stereocenters. The fourth-order valence-electron chi connectivity index (χ4n) is 5.68. The fourth-order valence-corrected chi connectivity index (χ4v) is 6.08. The van der Waals surface area contributed by atoms with E-state index < -0.39 is 86.0 Å². The summed E-state index contributed by atoms with van der Waals surface area (Å²) in [6.07, 6.45) is 2.51. The number of phosphoric acid groups is 1. The summed E-state index contributed by atoms with van der Waals surface area (Å²) in [5.41, 5.74) is 5.96. The molecule has 1 aliphatic rings. The predicted octanol–water partition coefficient (Wildman–Crippen LogP) is 0.566. The van der Waals surface area contributed by atoms with Crippen LogP contribution in [0.3, 0.4) is 0 Å². The van der Waals surface area contributed by atoms with Crippen LogP contribution in [0.25, 0.3) is 0 Å². The maximum absolute atomic E-state index is 14.0. The number of phosphoric ester groups is 1. The Kier molecular flexibility index (Phi) is 17.0. The molecule has 51 heavy (non-hydrogen) atoms. The average molecular weight is 741 g/mol. The molecule has 18 heteroatoms. The van der Waals surface area contributed by atoms with Crippen molar-refractivity contribution in [1.82, 2.24) is 26.2 Å². The van der Waals surface area contributed by atoms with E-state index in [1.54, 1.807) is 13.8 Å². The molecule has 1 aromatic carbocycles. The summed E-state index contributed by atoms with van der Waals surface area (Å²) in [4.78, 5) is 97.8. The van der Waals surface area contributed by atoms with Crippen LogP contribution in [0, 0.1) is 11.8 Å². The van der Waals surface area contributed by atoms with E-state index in [-0.39, 0.29) is 37.5 Å². The van der Waals surface area contributed by atoms with Crippen molar-refractivity contribution < 1.29 is 52.7 Å². The first-order valence-electron chi connectivity index (χ1n) is 17.1. The van der Waals surface area contributed by atoms with E-state index in [4.69, 9.17) is 15.5 Å². The van der Waals surface area contributed by atoms with Crippen molar-refractivity contribution in [2.75, 3.05) is 13.1 Å². The Balaban J connectivity index is 2.23. The maximum atomic E-state index is 14.0. The summed E-state index contributed by atoms with van der Waals surface area (Å²) in [7, 11) is -4.79. The second kappa shape index (κ2) is 20.1. The third-order valence-corrected chi connectivity index (χ3v) is 8.74. The zero-order chi connectivity index (χ0) is 38.5. The highest BCUT2D eigenvalue weighted by molar-refractivity contribution is 7.46. The van der Waals surface area contributed by atoms with Crippen molar-refractivity contribution in [3.8, 4) is 5.75 Å². The zero-order valence-corrected chi connectivity index (χ0v) is 30.7. The molecule has 286 valence electrons. The van der Waals surface area contributed by atoms with Crippen LogP contribution in [-0.4, -0.2) is 98.6 Å². The number of benzene rings is 1. The maximum Gasteiger partial charge on any atom is 0.524 e. The van der Waals surface area contributed by atoms with E-state index in [9.17, 15) is 38.4 Å². The molecule has 9 N–H and O–H groups in total. The number of aliphatic carboxylic acids is 1. The van der Waals surface area contributed by atoms with Crippen molar-refractivity contribution in [2.24, 2.45) is 17.6 Å². The van der Waals surface area contributed by atoms with E-state index in [0.29, 0.717) is 24.8 Å². The molecule has 5 amide bonds. The van der Waals surface area contributed by atoms with E-state index in [1.165, 1.54) is 29.2 Å². The molecule has 1 heterocycles. The molecular formula is C33H53N6O11P. The van der Waals surface area contributed by atoms with E-state index in [2.05, 4.69) is 25.8 Å². The highest BCUT2D eigenvalue weighted by Gasteiger charge is 2.40. The van der Waals surface area contributed by atoms with Crippen LogP contribution < -0.4 is 31.5 Å². The minimum Gasteiger partial charge on any atom is -0.480 e. The molecule has 17 nitrogen and oxygen atoms in total. The number of carboxylic acids is 1. The smallest absolute Gasteiger partial charge is 0.480 e. The van der Waals surface area contributed by atoms with Gasteiger partial charge in [0, 0.05) is 13.0 Å². The molecule has 1 saturated heterocycles. The minimum absolute atomic E-state index is 0.000710. The number of nitrogens with two attached hydrogens (primary N) is 1. The van der Waals surface area contributed by atoms with Crippen molar-refractivity contribution in [2.45, 2.75) is 110 Å². The lowest BCUT2D eigenvalue weighted by atomic mass is 9.99. The highest BCUT2D eigenvalue weighted by atomic mass is 31.2. The summed E-state index contributed by atoms with van der Waals surface area (Å²) in [6.45, 7) is 8.81. The van der Waals surface area contributed by atoms with Crippen LogP contribution in [0.15, 0.2) is 24.3 Å². The summed E-state index contributed by atoms with van der Waals surface area (Å²) < 4.78 is 15.7. The van der Waals surface area contributed by atoms with Crippen LogP contribution >= 0.6 is 7.82 Å². The molecule has 0 radical (unpaired) electrons. The largest absolute Gasteiger partial charge is 0.524 e. The Morgan fingerprint density at radius 3 is 2.10 bits per heavy atom. The Morgan fingerprint density at radius 2 is 1.57 bits per heavy atom. The van der Waals surface area contributed by atoms with Gasteiger partial charge < -0.3 is 41.5 Å². The lowest BCUT2D eigenvalue weighted by Gasteiger charge is -2.32. The number of carboxylic acid groups (broad SMARTS) is 1. The third-order valence-electron chi connectivity index (χ3n) is 8.29. The molecule has 2 rings (SSSR count). The van der Waals surface area contributed by atoms with Gasteiger partial charge in [-0.25, -0.2) is 9.36 Å². The number of hydrogen-bond acceptors (Lipinski definition) is 9. The third kappa shape index (κ3) is 14.2. The topological polar surface area (TPSA) is 267 Å². The Morgan fingerprint density at radius 1 is 0.941 bits per heavy atom. The fraction of sp³-hybridized carbons (Fsp3) is 0.636. The molecule has 0 spiro atoms. The van der Waals surface area contributed by atoms with Gasteiger partial charge in [-0.15, -0.1) is 0 Å². The predicted molar refractivity (Wildman–Crippen MR) is 186 cm³/mol. The summed E-state index contributed by atoms with van der Waals surface area (Å²) in [6, 6.07) is 0.113. The Labute approximate surface area is 298 Å². The normalized spacial score (nSPS) is 16.9. The molecule has 0 aliphatic carbocycles. The first-order valence-corrected chi connectivity index (χ1v) is 18.7. The second-order valence-corrected chi connectivity index (χ2v) is 14.6. The van der Waals surface area contributed by atoms with Crippen LogP contribution in [-0.2, 0) is 39.8 Å². The molecule has 0 aromatic heterocycles. The van der Waals surface area contributed by atoms with Crippen LogP contribution in [0.4, 0.5) is 0 Å². The minimum atomic E-state index is -4.79. The molecule has 0 saturated carbocycles. The number of hydrogen-bond donors (Lipinski definition) is 8. The Bertz CT molecular complexity index is 1420. The molecule has 0 unspecified atom stereocenters. The molecular weight excluding hydrogens is 687 g/mol. The molecule has 1 aromatic rings. The van der Waals surface area contributed by atoms with Gasteiger partial charge in [-0.2, -0.15) is 0 Å². The lowest BCUT2D eigenvalue weighted by Crippen LogP contribution is -2.60. The van der Waals surface area contributed by atoms with Crippen molar-refractivity contribution in [3.05, 3.63) is 29.8 Å². The number of nitrogens with one attached hydrogen (secondary N) is 4. The van der Waals surface area contributed by atoms with Gasteiger partial charge in [0.2, 0.25) is 29.5 Å². The summed E-state index contributed by atoms with van der Waals surface area (Å²) >= 11 is 0. The monoisotopic (exact) mass is 740 g/mol. The molecule has 0 bridgehead atoms. The Hall–Kier alpha value is -4.05. The highest BCUT2D eigenvalue weighted by Crippen LogP contribution is 2.37. The van der Waals surface area contributed by atoms with Gasteiger partial charge in [-0.3, -0.25) is 33.8 Å². The summed E-state index contributed by atoms with van der Waals surface area (Å²) in [5.74, 6) is -4.80. The molecule has 1 aliphatic heterocycles. The number of carbonyl (C=O) groups excluding carboxylic acids is 5. The molecule has 1 fully saturated rings. The first-order chi connectivity index (χ1) is 23.9. The van der Waals surface area contributed by atoms with Crippen molar-refractivity contribution in [3.63, 3.8) is 0 Å². The van der Waals surface area contributed by atoms with Crippen molar-refractivity contribution in [1.29, 1.82) is 0 Å². The van der Waals surface area contributed by atoms with Gasteiger partial charge in [-0.05, 0) is 55.2 Å². The number of nitrogens with zero attached hydrogens (tertiary/aromatic N) is 1. The van der Waals surface area contributed by atoms with Crippen LogP contribution in [0.2, 0.25) is 0 Å². The lowest BCUT2D eigenvalue weighted by molar-refractivity contribution is -0.144. The van der Waals surface area contributed by atoms with Crippen molar-refractivity contribution >= 4 is 43.3 Å². The van der Waals surface area contributed by atoms with Crippen LogP contribution in [0.5, 0.6) is 5.75 Å². The SMILES string of the molecule is CCCC[C@H](NC(=O)[C@@H]1CCCN1C(=O)[C@@H](NC(=O)[C@H](Cc1ccc(OP(=O)(O)O)cc1)NC(=O)CN)C(C)C)C(=O)N[C@@H](CC(C)C)C(=O)O. The first kappa shape index (κ1) is 43.1. The van der Waals surface area contributed by atoms with E-state index in [0.717, 1.165) is 6.42 Å². The van der Waals surface area contributed by atoms with Crippen LogP contribution in [0.1, 0.15) is 78.7 Å². The van der Waals surface area contributed by atoms with Gasteiger partial charge in [-0.1, -0.05) is 59.6 Å². The average Bonchev–Trinajstić information content (AvgIpc) is 3.54. The number of likely N-dealkylation sites (tertiary alicyclic amines) is 1. The quantitative estimate of drug-likeness (QED) is 0.0853. The number of amides is 5. The van der Waals surface area contributed by atoms with Gasteiger partial charge in [0.25, 0.3) is 0 Å². The van der Waals surface area contributed by atoms with Gasteiger partial charge in [0.05, 0.1) is 6.54 Å². The standard InChI is InChI=1S/C33H53N6O11P/c1-6-7-9-23(29(41)37-25(33(45)46)16-19(2)3)36-31(43)26-10-8-15-39(26)32(44)28(20(4)5)38-30(42)24(35-27(40)18-34)17-21-11-13-22(14-12-21)50-51(47,48)49/h11-14,19-20,23-26,28H,6-10,15-18,34H2,1-5H3,(H,35,40)(H,36,43)(H,37,41)(H,38,42)(H,45,46)(H2,47,48,49)/t23-,24-,25-,26-,28-/m0/s1. The summed E-state index contributed by atoms with van der Waals surface area (Å²) in [5, 5.41) is 20.1.